The van der Waals surface area contributed by atoms with Crippen LogP contribution in [0.5, 0.6) is 0 Å². The first-order chi connectivity index (χ1) is 8.22. The number of nitrogens with zero attached hydrogens (tertiary/aromatic N) is 1. The van der Waals surface area contributed by atoms with E-state index in [1.807, 2.05) is 6.26 Å². The Kier molecular flexibility index (Phi) is 4.11. The molecule has 1 heterocycles. The number of hydrogen-bond acceptors (Lipinski definition) is 6. The van der Waals surface area contributed by atoms with E-state index in [1.165, 1.54) is 11.5 Å². The number of amides is 1. The third kappa shape index (κ3) is 3.26. The van der Waals surface area contributed by atoms with Crippen molar-refractivity contribution in [2.75, 3.05) is 30.4 Å². The standard InChI is InChI=1S/C10H16N4OS2/c1-16-7-8(11)14-17-10(7)13-5-4-12-9(15)6-2-3-6/h6,13H,2-5H2,1H3,(H2,11,14)(H,12,15). The fourth-order valence-electron chi connectivity index (χ4n) is 1.46. The molecule has 0 aliphatic heterocycles. The summed E-state index contributed by atoms with van der Waals surface area (Å²) < 4.78 is 4.09. The van der Waals surface area contributed by atoms with Crippen LogP contribution in [0.2, 0.25) is 0 Å². The van der Waals surface area contributed by atoms with Crippen molar-refractivity contribution in [1.82, 2.24) is 9.69 Å². The van der Waals surface area contributed by atoms with Crippen LogP contribution in [-0.4, -0.2) is 29.6 Å². The molecule has 7 heteroatoms. The molecule has 4 N–H and O–H groups in total. The molecule has 17 heavy (non-hydrogen) atoms. The minimum absolute atomic E-state index is 0.181. The third-order valence-electron chi connectivity index (χ3n) is 2.54. The molecular formula is C10H16N4OS2. The van der Waals surface area contributed by atoms with Crippen LogP contribution in [0.25, 0.3) is 0 Å². The van der Waals surface area contributed by atoms with Gasteiger partial charge in [0.2, 0.25) is 5.91 Å². The van der Waals surface area contributed by atoms with Crippen LogP contribution in [0.3, 0.4) is 0 Å². The van der Waals surface area contributed by atoms with Crippen LogP contribution in [0.15, 0.2) is 4.90 Å². The number of rotatable bonds is 6. The Morgan fingerprint density at radius 1 is 1.59 bits per heavy atom. The molecule has 1 aromatic heterocycles. The third-order valence-corrected chi connectivity index (χ3v) is 4.31. The highest BCUT2D eigenvalue weighted by molar-refractivity contribution is 7.99. The second-order valence-corrected chi connectivity index (χ2v) is 5.51. The molecule has 94 valence electrons. The molecule has 5 nitrogen and oxygen atoms in total. The Morgan fingerprint density at radius 2 is 2.35 bits per heavy atom. The Hall–Kier alpha value is -0.950. The Morgan fingerprint density at radius 3 is 3.00 bits per heavy atom. The molecule has 0 unspecified atom stereocenters. The van der Waals surface area contributed by atoms with Gasteiger partial charge in [-0.3, -0.25) is 4.79 Å². The average Bonchev–Trinajstić information content (AvgIpc) is 3.10. The molecule has 0 aromatic carbocycles. The maximum Gasteiger partial charge on any atom is 0.223 e. The quantitative estimate of drug-likeness (QED) is 0.538. The zero-order chi connectivity index (χ0) is 12.3. The summed E-state index contributed by atoms with van der Waals surface area (Å²) >= 11 is 2.94. The van der Waals surface area contributed by atoms with E-state index in [0.29, 0.717) is 18.9 Å². The molecule has 2 rings (SSSR count). The summed E-state index contributed by atoms with van der Waals surface area (Å²) in [7, 11) is 0. The van der Waals surface area contributed by atoms with Gasteiger partial charge in [0.15, 0.2) is 5.82 Å². The van der Waals surface area contributed by atoms with Crippen LogP contribution in [0.1, 0.15) is 12.8 Å². The zero-order valence-electron chi connectivity index (χ0n) is 9.66. The minimum atomic E-state index is 0.181. The summed E-state index contributed by atoms with van der Waals surface area (Å²) in [5.74, 6) is 1.03. The maximum atomic E-state index is 11.4. The van der Waals surface area contributed by atoms with Crippen molar-refractivity contribution in [3.63, 3.8) is 0 Å². The van der Waals surface area contributed by atoms with Crippen LogP contribution >= 0.6 is 23.3 Å². The summed E-state index contributed by atoms with van der Waals surface area (Å²) in [5, 5.41) is 7.13. The number of thioether (sulfide) groups is 1. The fourth-order valence-corrected chi connectivity index (χ4v) is 3.02. The van der Waals surface area contributed by atoms with Gasteiger partial charge in [-0.25, -0.2) is 0 Å². The van der Waals surface area contributed by atoms with Gasteiger partial charge in [0.05, 0.1) is 4.90 Å². The van der Waals surface area contributed by atoms with E-state index in [4.69, 9.17) is 5.73 Å². The topological polar surface area (TPSA) is 80.0 Å². The number of carbonyl (C=O) groups excluding carboxylic acids is 1. The normalized spacial score (nSPS) is 14.6. The van der Waals surface area contributed by atoms with Crippen molar-refractivity contribution in [1.29, 1.82) is 0 Å². The molecule has 1 aromatic rings. The molecule has 1 aliphatic carbocycles. The number of hydrogen-bond donors (Lipinski definition) is 3. The first-order valence-electron chi connectivity index (χ1n) is 5.53. The Labute approximate surface area is 109 Å². The van der Waals surface area contributed by atoms with Crippen molar-refractivity contribution < 1.29 is 4.79 Å². The van der Waals surface area contributed by atoms with Crippen molar-refractivity contribution in [2.45, 2.75) is 17.7 Å². The number of nitrogens with two attached hydrogens (primary N) is 1. The molecule has 0 saturated heterocycles. The van der Waals surface area contributed by atoms with Crippen molar-refractivity contribution in [3.05, 3.63) is 0 Å². The Balaban J connectivity index is 1.72. The number of carbonyl (C=O) groups is 1. The predicted octanol–water partition coefficient (Wildman–Crippen LogP) is 1.39. The molecule has 1 aliphatic rings. The molecule has 1 fully saturated rings. The second-order valence-electron chi connectivity index (χ2n) is 3.92. The molecule has 0 bridgehead atoms. The summed E-state index contributed by atoms with van der Waals surface area (Å²) in [6.45, 7) is 1.34. The first kappa shape index (κ1) is 12.5. The van der Waals surface area contributed by atoms with Crippen molar-refractivity contribution in [3.8, 4) is 0 Å². The Bertz CT molecular complexity index is 403. The maximum absolute atomic E-state index is 11.4. The van der Waals surface area contributed by atoms with Gasteiger partial charge >= 0.3 is 0 Å². The largest absolute Gasteiger partial charge is 0.382 e. The van der Waals surface area contributed by atoms with Gasteiger partial charge in [0.25, 0.3) is 0 Å². The monoisotopic (exact) mass is 272 g/mol. The highest BCUT2D eigenvalue weighted by Crippen LogP contribution is 2.34. The molecule has 0 radical (unpaired) electrons. The second kappa shape index (κ2) is 5.59. The van der Waals surface area contributed by atoms with E-state index in [1.54, 1.807) is 11.8 Å². The number of anilines is 2. The van der Waals surface area contributed by atoms with E-state index in [2.05, 4.69) is 15.0 Å². The summed E-state index contributed by atoms with van der Waals surface area (Å²) in [4.78, 5) is 12.4. The van der Waals surface area contributed by atoms with Gasteiger partial charge in [-0.15, -0.1) is 11.8 Å². The van der Waals surface area contributed by atoms with Gasteiger partial charge in [0.1, 0.15) is 5.00 Å². The molecule has 0 spiro atoms. The lowest BCUT2D eigenvalue weighted by Gasteiger charge is -2.06. The lowest BCUT2D eigenvalue weighted by molar-refractivity contribution is -0.122. The summed E-state index contributed by atoms with van der Waals surface area (Å²) in [5.41, 5.74) is 5.72. The van der Waals surface area contributed by atoms with Gasteiger partial charge in [0, 0.05) is 19.0 Å². The van der Waals surface area contributed by atoms with Crippen molar-refractivity contribution >= 4 is 40.0 Å². The van der Waals surface area contributed by atoms with Crippen LogP contribution in [-0.2, 0) is 4.79 Å². The van der Waals surface area contributed by atoms with E-state index >= 15 is 0 Å². The van der Waals surface area contributed by atoms with Crippen LogP contribution in [0.4, 0.5) is 10.8 Å². The van der Waals surface area contributed by atoms with Gasteiger partial charge in [-0.2, -0.15) is 4.37 Å². The summed E-state index contributed by atoms with van der Waals surface area (Å²) in [6.07, 6.45) is 4.06. The van der Waals surface area contributed by atoms with Crippen molar-refractivity contribution in [2.24, 2.45) is 5.92 Å². The molecule has 1 amide bonds. The SMILES string of the molecule is CSc1c(N)nsc1NCCNC(=O)C1CC1. The first-order valence-corrected chi connectivity index (χ1v) is 7.53. The lowest BCUT2D eigenvalue weighted by Crippen LogP contribution is -2.29. The van der Waals surface area contributed by atoms with E-state index < -0.39 is 0 Å². The highest BCUT2D eigenvalue weighted by Gasteiger charge is 2.28. The minimum Gasteiger partial charge on any atom is -0.382 e. The predicted molar refractivity (Wildman–Crippen MR) is 72.5 cm³/mol. The van der Waals surface area contributed by atoms with E-state index in [9.17, 15) is 4.79 Å². The number of aromatic nitrogens is 1. The zero-order valence-corrected chi connectivity index (χ0v) is 11.3. The summed E-state index contributed by atoms with van der Waals surface area (Å²) in [6, 6.07) is 0. The van der Waals surface area contributed by atoms with Gasteiger partial charge < -0.3 is 16.4 Å². The number of nitrogen functional groups attached to an aromatic ring is 1. The van der Waals surface area contributed by atoms with Gasteiger partial charge in [-0.1, -0.05) is 0 Å². The molecular weight excluding hydrogens is 256 g/mol. The van der Waals surface area contributed by atoms with Crippen LogP contribution in [0, 0.1) is 5.92 Å². The lowest BCUT2D eigenvalue weighted by atomic mass is 10.4. The smallest absolute Gasteiger partial charge is 0.223 e. The van der Waals surface area contributed by atoms with E-state index in [-0.39, 0.29) is 11.8 Å². The molecule has 1 saturated carbocycles. The fraction of sp³-hybridized carbons (Fsp3) is 0.600. The molecule has 0 atom stereocenters. The van der Waals surface area contributed by atoms with Gasteiger partial charge in [-0.05, 0) is 30.6 Å². The highest BCUT2D eigenvalue weighted by atomic mass is 32.2. The number of nitrogens with one attached hydrogen (secondary N) is 2. The van der Waals surface area contributed by atoms with E-state index in [0.717, 1.165) is 22.7 Å². The average molecular weight is 272 g/mol. The van der Waals surface area contributed by atoms with Crippen LogP contribution < -0.4 is 16.4 Å².